The van der Waals surface area contributed by atoms with Gasteiger partial charge in [0, 0.05) is 19.2 Å². The molecule has 1 unspecified atom stereocenters. The zero-order chi connectivity index (χ0) is 15.6. The summed E-state index contributed by atoms with van der Waals surface area (Å²) in [4.78, 5) is 11.7. The summed E-state index contributed by atoms with van der Waals surface area (Å²) in [6, 6.07) is 7.76. The van der Waals surface area contributed by atoms with Crippen LogP contribution in [0, 0.1) is 0 Å². The van der Waals surface area contributed by atoms with E-state index in [4.69, 9.17) is 9.47 Å². The number of rotatable bonds is 8. The minimum Gasteiger partial charge on any atom is -0.494 e. The molecule has 0 spiro atoms. The lowest BCUT2D eigenvalue weighted by Gasteiger charge is -2.08. The molecule has 0 aromatic heterocycles. The van der Waals surface area contributed by atoms with Crippen molar-refractivity contribution in [3.05, 3.63) is 35.9 Å². The maximum Gasteiger partial charge on any atom is 0.244 e. The third-order valence-electron chi connectivity index (χ3n) is 3.60. The van der Waals surface area contributed by atoms with E-state index in [1.807, 2.05) is 24.3 Å². The Morgan fingerprint density at radius 2 is 2.23 bits per heavy atom. The van der Waals surface area contributed by atoms with Gasteiger partial charge in [0.15, 0.2) is 0 Å². The average Bonchev–Trinajstić information content (AvgIpc) is 3.06. The van der Waals surface area contributed by atoms with E-state index in [-0.39, 0.29) is 12.0 Å². The van der Waals surface area contributed by atoms with Gasteiger partial charge in [0.2, 0.25) is 5.91 Å². The van der Waals surface area contributed by atoms with Gasteiger partial charge in [0.05, 0.1) is 12.7 Å². The second-order valence-electron chi connectivity index (χ2n) is 5.48. The monoisotopic (exact) mass is 303 g/mol. The molecule has 0 bridgehead atoms. The Morgan fingerprint density at radius 1 is 1.41 bits per heavy atom. The lowest BCUT2D eigenvalue weighted by atomic mass is 10.2. The van der Waals surface area contributed by atoms with Gasteiger partial charge >= 0.3 is 0 Å². The molecule has 1 saturated heterocycles. The van der Waals surface area contributed by atoms with Crippen LogP contribution in [0.1, 0.15) is 38.2 Å². The van der Waals surface area contributed by atoms with Gasteiger partial charge in [0.25, 0.3) is 0 Å². The third-order valence-corrected chi connectivity index (χ3v) is 3.60. The van der Waals surface area contributed by atoms with E-state index in [0.29, 0.717) is 6.54 Å². The van der Waals surface area contributed by atoms with Gasteiger partial charge in [-0.2, -0.15) is 0 Å². The van der Waals surface area contributed by atoms with Crippen molar-refractivity contribution in [1.29, 1.82) is 0 Å². The van der Waals surface area contributed by atoms with E-state index < -0.39 is 0 Å². The van der Waals surface area contributed by atoms with E-state index >= 15 is 0 Å². The summed E-state index contributed by atoms with van der Waals surface area (Å²) >= 11 is 0. The molecule has 22 heavy (non-hydrogen) atoms. The summed E-state index contributed by atoms with van der Waals surface area (Å²) in [7, 11) is 0. The van der Waals surface area contributed by atoms with Crippen molar-refractivity contribution in [3.8, 4) is 5.75 Å². The summed E-state index contributed by atoms with van der Waals surface area (Å²) in [6.07, 6.45) is 7.85. The maximum absolute atomic E-state index is 11.7. The highest BCUT2D eigenvalue weighted by Gasteiger charge is 2.15. The number of carbonyl (C=O) groups is 1. The molecular weight excluding hydrogens is 278 g/mol. The molecule has 1 amide bonds. The number of nitrogens with one attached hydrogen (secondary N) is 1. The molecule has 1 heterocycles. The fourth-order valence-corrected chi connectivity index (χ4v) is 2.26. The van der Waals surface area contributed by atoms with Crippen LogP contribution in [-0.2, 0) is 9.53 Å². The van der Waals surface area contributed by atoms with Crippen LogP contribution in [0.2, 0.25) is 0 Å². The molecule has 1 aromatic carbocycles. The van der Waals surface area contributed by atoms with Gasteiger partial charge in [0.1, 0.15) is 5.75 Å². The normalized spacial score (nSPS) is 17.8. The molecule has 0 radical (unpaired) electrons. The summed E-state index contributed by atoms with van der Waals surface area (Å²) in [5.41, 5.74) is 0.982. The molecule has 1 aromatic rings. The fourth-order valence-electron chi connectivity index (χ4n) is 2.26. The number of ether oxygens (including phenoxy) is 2. The van der Waals surface area contributed by atoms with Crippen molar-refractivity contribution in [2.24, 2.45) is 0 Å². The smallest absolute Gasteiger partial charge is 0.244 e. The van der Waals surface area contributed by atoms with Crippen molar-refractivity contribution in [1.82, 2.24) is 5.32 Å². The Labute approximate surface area is 132 Å². The molecule has 1 N–H and O–H groups in total. The van der Waals surface area contributed by atoms with Crippen LogP contribution >= 0.6 is 0 Å². The quantitative estimate of drug-likeness (QED) is 0.593. The van der Waals surface area contributed by atoms with Crippen LogP contribution < -0.4 is 10.1 Å². The lowest BCUT2D eigenvalue weighted by molar-refractivity contribution is -0.116. The van der Waals surface area contributed by atoms with Crippen LogP contribution in [-0.4, -0.2) is 31.8 Å². The van der Waals surface area contributed by atoms with E-state index in [1.54, 1.807) is 12.2 Å². The molecule has 2 rings (SSSR count). The van der Waals surface area contributed by atoms with Crippen molar-refractivity contribution >= 4 is 12.0 Å². The molecule has 0 aliphatic carbocycles. The number of amides is 1. The first-order valence-electron chi connectivity index (χ1n) is 8.08. The molecule has 0 saturated carbocycles. The molecule has 1 aliphatic rings. The Balaban J connectivity index is 1.73. The van der Waals surface area contributed by atoms with Gasteiger partial charge in [-0.15, -0.1) is 0 Å². The molecular formula is C18H25NO3. The zero-order valence-electron chi connectivity index (χ0n) is 13.2. The van der Waals surface area contributed by atoms with Crippen molar-refractivity contribution in [3.63, 3.8) is 0 Å². The molecule has 1 aliphatic heterocycles. The van der Waals surface area contributed by atoms with Crippen LogP contribution in [0.4, 0.5) is 0 Å². The first-order valence-corrected chi connectivity index (χ1v) is 8.08. The van der Waals surface area contributed by atoms with Crippen LogP contribution in [0.3, 0.4) is 0 Å². The molecule has 1 atom stereocenters. The summed E-state index contributed by atoms with van der Waals surface area (Å²) in [6.45, 7) is 4.29. The predicted octanol–water partition coefficient (Wildman–Crippen LogP) is 3.17. The highest BCUT2D eigenvalue weighted by atomic mass is 16.5. The minimum absolute atomic E-state index is 0.0845. The number of unbranched alkanes of at least 4 members (excludes halogenated alkanes) is 1. The maximum atomic E-state index is 11.7. The van der Waals surface area contributed by atoms with Crippen molar-refractivity contribution in [2.75, 3.05) is 19.8 Å². The topological polar surface area (TPSA) is 47.6 Å². The van der Waals surface area contributed by atoms with Crippen molar-refractivity contribution in [2.45, 2.75) is 38.7 Å². The SMILES string of the molecule is CCCCOc1ccc(/C=C/C(=O)NCC2CCCO2)cc1. The largest absolute Gasteiger partial charge is 0.494 e. The van der Waals surface area contributed by atoms with Crippen LogP contribution in [0.5, 0.6) is 5.75 Å². The molecule has 4 nitrogen and oxygen atoms in total. The van der Waals surface area contributed by atoms with E-state index in [2.05, 4.69) is 12.2 Å². The number of hydrogen-bond donors (Lipinski definition) is 1. The van der Waals surface area contributed by atoms with Crippen LogP contribution in [0.25, 0.3) is 6.08 Å². The Kier molecular flexibility index (Phi) is 6.97. The first kappa shape index (κ1) is 16.6. The third kappa shape index (κ3) is 5.90. The van der Waals surface area contributed by atoms with Crippen LogP contribution in [0.15, 0.2) is 30.3 Å². The van der Waals surface area contributed by atoms with E-state index in [9.17, 15) is 4.79 Å². The second-order valence-corrected chi connectivity index (χ2v) is 5.48. The minimum atomic E-state index is -0.0845. The second kappa shape index (κ2) is 9.26. The average molecular weight is 303 g/mol. The molecule has 120 valence electrons. The summed E-state index contributed by atoms with van der Waals surface area (Å²) < 4.78 is 11.1. The first-order chi connectivity index (χ1) is 10.8. The highest BCUT2D eigenvalue weighted by molar-refractivity contribution is 5.91. The number of carbonyl (C=O) groups excluding carboxylic acids is 1. The van der Waals surface area contributed by atoms with Gasteiger partial charge in [-0.25, -0.2) is 0 Å². The Bertz CT molecular complexity index is 476. The van der Waals surface area contributed by atoms with Gasteiger partial charge in [-0.3, -0.25) is 4.79 Å². The molecule has 1 fully saturated rings. The molecule has 4 heteroatoms. The summed E-state index contributed by atoms with van der Waals surface area (Å²) in [5, 5.41) is 2.87. The Hall–Kier alpha value is -1.81. The predicted molar refractivity (Wildman–Crippen MR) is 87.9 cm³/mol. The summed E-state index contributed by atoms with van der Waals surface area (Å²) in [5.74, 6) is 0.784. The number of hydrogen-bond acceptors (Lipinski definition) is 3. The van der Waals surface area contributed by atoms with E-state index in [1.165, 1.54) is 0 Å². The number of benzene rings is 1. The standard InChI is InChI=1S/C18H25NO3/c1-2-3-12-21-16-9-6-15(7-10-16)8-11-18(20)19-14-17-5-4-13-22-17/h6-11,17H,2-5,12-14H2,1H3,(H,19,20)/b11-8+. The fraction of sp³-hybridized carbons (Fsp3) is 0.500. The van der Waals surface area contributed by atoms with Crippen molar-refractivity contribution < 1.29 is 14.3 Å². The van der Waals surface area contributed by atoms with E-state index in [0.717, 1.165) is 50.2 Å². The zero-order valence-corrected chi connectivity index (χ0v) is 13.2. The highest BCUT2D eigenvalue weighted by Crippen LogP contribution is 2.14. The lowest BCUT2D eigenvalue weighted by Crippen LogP contribution is -2.30. The Morgan fingerprint density at radius 3 is 2.91 bits per heavy atom. The van der Waals surface area contributed by atoms with Gasteiger partial charge < -0.3 is 14.8 Å². The van der Waals surface area contributed by atoms with Gasteiger partial charge in [-0.1, -0.05) is 25.5 Å². The van der Waals surface area contributed by atoms with Gasteiger partial charge in [-0.05, 0) is 43.0 Å².